The van der Waals surface area contributed by atoms with E-state index in [1.54, 1.807) is 55.6 Å². The van der Waals surface area contributed by atoms with E-state index >= 15 is 0 Å². The Kier molecular flexibility index (Phi) is 5.85. The number of hydrogen-bond acceptors (Lipinski definition) is 4. The van der Waals surface area contributed by atoms with Gasteiger partial charge in [-0.2, -0.15) is 0 Å². The number of anilines is 2. The highest BCUT2D eigenvalue weighted by molar-refractivity contribution is 5.99. The smallest absolute Gasteiger partial charge is 0.323 e. The van der Waals surface area contributed by atoms with Gasteiger partial charge >= 0.3 is 6.03 Å². The van der Waals surface area contributed by atoms with E-state index in [1.807, 2.05) is 13.0 Å². The molecule has 4 aromatic rings. The van der Waals surface area contributed by atoms with E-state index in [9.17, 15) is 14.0 Å². The summed E-state index contributed by atoms with van der Waals surface area (Å²) in [4.78, 5) is 29.0. The Morgan fingerprint density at radius 3 is 2.47 bits per heavy atom. The summed E-state index contributed by atoms with van der Waals surface area (Å²) in [7, 11) is 0. The number of hydrogen-bond donors (Lipinski definition) is 2. The second-order valence-electron chi connectivity index (χ2n) is 7.33. The second kappa shape index (κ2) is 8.89. The van der Waals surface area contributed by atoms with Gasteiger partial charge in [0.25, 0.3) is 5.56 Å². The molecule has 0 aliphatic carbocycles. The molecule has 0 bridgehead atoms. The van der Waals surface area contributed by atoms with Crippen molar-refractivity contribution in [3.8, 4) is 5.75 Å². The molecular formula is C24H21FN4O3. The molecule has 0 unspecified atom stereocenters. The van der Waals surface area contributed by atoms with E-state index in [4.69, 9.17) is 4.74 Å². The fraction of sp³-hybridized carbons (Fsp3) is 0.125. The fourth-order valence-corrected chi connectivity index (χ4v) is 3.13. The van der Waals surface area contributed by atoms with Gasteiger partial charge in [-0.3, -0.25) is 9.20 Å². The molecule has 0 saturated heterocycles. The Bertz CT molecular complexity index is 1370. The SMILES string of the molecule is Cc1ccc(NC(=O)Nc2ccc(C)c(OCc3cc(=O)n4ccccc4n3)c2)cc1F. The van der Waals surface area contributed by atoms with Gasteiger partial charge in [0.15, 0.2) is 0 Å². The number of ether oxygens (including phenoxy) is 1. The Morgan fingerprint density at radius 2 is 1.72 bits per heavy atom. The first-order chi connectivity index (χ1) is 15.4. The van der Waals surface area contributed by atoms with Crippen molar-refractivity contribution < 1.29 is 13.9 Å². The van der Waals surface area contributed by atoms with Crippen molar-refractivity contribution in [1.82, 2.24) is 9.38 Å². The first kappa shape index (κ1) is 21.0. The summed E-state index contributed by atoms with van der Waals surface area (Å²) in [6.07, 6.45) is 1.66. The number of carbonyl (C=O) groups excluding carboxylic acids is 1. The zero-order valence-corrected chi connectivity index (χ0v) is 17.6. The maximum atomic E-state index is 13.7. The molecule has 0 aliphatic heterocycles. The largest absolute Gasteiger partial charge is 0.487 e. The van der Waals surface area contributed by atoms with Crippen LogP contribution in [0.5, 0.6) is 5.75 Å². The number of aryl methyl sites for hydroxylation is 2. The Labute approximate surface area is 183 Å². The van der Waals surface area contributed by atoms with Crippen molar-refractivity contribution in [2.24, 2.45) is 0 Å². The van der Waals surface area contributed by atoms with E-state index < -0.39 is 11.8 Å². The lowest BCUT2D eigenvalue weighted by molar-refractivity contribution is 0.262. The van der Waals surface area contributed by atoms with Crippen LogP contribution in [0.25, 0.3) is 5.65 Å². The molecule has 0 radical (unpaired) electrons. The maximum Gasteiger partial charge on any atom is 0.323 e. The number of nitrogens with zero attached hydrogens (tertiary/aromatic N) is 2. The van der Waals surface area contributed by atoms with Crippen LogP contribution in [-0.4, -0.2) is 15.4 Å². The van der Waals surface area contributed by atoms with Gasteiger partial charge in [-0.15, -0.1) is 0 Å². The van der Waals surface area contributed by atoms with Crippen molar-refractivity contribution in [3.05, 3.63) is 99.9 Å². The molecule has 0 aliphatic rings. The summed E-state index contributed by atoms with van der Waals surface area (Å²) >= 11 is 0. The van der Waals surface area contributed by atoms with Gasteiger partial charge in [-0.05, 0) is 55.3 Å². The molecule has 8 heteroatoms. The summed E-state index contributed by atoms with van der Waals surface area (Å²) in [5, 5.41) is 5.30. The van der Waals surface area contributed by atoms with Crippen LogP contribution in [0.2, 0.25) is 0 Å². The van der Waals surface area contributed by atoms with Crippen molar-refractivity contribution in [2.75, 3.05) is 10.6 Å². The van der Waals surface area contributed by atoms with E-state index in [0.29, 0.717) is 34.0 Å². The molecule has 2 amide bonds. The number of carbonyl (C=O) groups is 1. The predicted octanol–water partition coefficient (Wildman–Crippen LogP) is 4.67. The molecule has 2 heterocycles. The Morgan fingerprint density at radius 1 is 1.00 bits per heavy atom. The third kappa shape index (κ3) is 4.75. The zero-order chi connectivity index (χ0) is 22.7. The highest BCUT2D eigenvalue weighted by Gasteiger charge is 2.09. The van der Waals surface area contributed by atoms with Gasteiger partial charge in [0, 0.05) is 29.7 Å². The standard InChI is InChI=1S/C24H21FN4O3/c1-15-6-8-17(11-20(15)25)27-24(31)28-18-9-7-16(2)21(12-18)32-14-19-13-23(30)29-10-4-3-5-22(29)26-19/h3-13H,14H2,1-2H3,(H2,27,28,31). The lowest BCUT2D eigenvalue weighted by atomic mass is 10.2. The van der Waals surface area contributed by atoms with Crippen LogP contribution in [0, 0.1) is 19.7 Å². The van der Waals surface area contributed by atoms with Gasteiger partial charge in [0.05, 0.1) is 5.69 Å². The maximum absolute atomic E-state index is 13.7. The van der Waals surface area contributed by atoms with Gasteiger partial charge in [0.2, 0.25) is 0 Å². The van der Waals surface area contributed by atoms with E-state index in [0.717, 1.165) is 5.56 Å². The third-order valence-electron chi connectivity index (χ3n) is 4.88. The molecule has 162 valence electrons. The molecular weight excluding hydrogens is 411 g/mol. The number of amides is 2. The van der Waals surface area contributed by atoms with Crippen LogP contribution >= 0.6 is 0 Å². The topological polar surface area (TPSA) is 84.7 Å². The minimum Gasteiger partial charge on any atom is -0.487 e. The minimum atomic E-state index is -0.507. The van der Waals surface area contributed by atoms with Gasteiger partial charge < -0.3 is 15.4 Å². The summed E-state index contributed by atoms with van der Waals surface area (Å²) in [5.74, 6) is 0.148. The van der Waals surface area contributed by atoms with Crippen molar-refractivity contribution in [1.29, 1.82) is 0 Å². The number of pyridine rings is 1. The molecule has 7 nitrogen and oxygen atoms in total. The van der Waals surface area contributed by atoms with E-state index in [1.165, 1.54) is 16.5 Å². The lowest BCUT2D eigenvalue weighted by Gasteiger charge is -2.13. The van der Waals surface area contributed by atoms with Gasteiger partial charge in [-0.1, -0.05) is 18.2 Å². The van der Waals surface area contributed by atoms with Crippen molar-refractivity contribution in [2.45, 2.75) is 20.5 Å². The molecule has 2 aromatic heterocycles. The van der Waals surface area contributed by atoms with E-state index in [2.05, 4.69) is 15.6 Å². The number of aromatic nitrogens is 2. The molecule has 0 atom stereocenters. The number of benzene rings is 2. The van der Waals surface area contributed by atoms with Crippen LogP contribution in [0.4, 0.5) is 20.6 Å². The number of halogens is 1. The summed E-state index contributed by atoms with van der Waals surface area (Å²) in [5.41, 5.74) is 3.05. The third-order valence-corrected chi connectivity index (χ3v) is 4.88. The molecule has 32 heavy (non-hydrogen) atoms. The molecule has 2 aromatic carbocycles. The van der Waals surface area contributed by atoms with Gasteiger partial charge in [-0.25, -0.2) is 14.2 Å². The molecule has 0 saturated carbocycles. The average Bonchev–Trinajstić information content (AvgIpc) is 2.77. The minimum absolute atomic E-state index is 0.0970. The second-order valence-corrected chi connectivity index (χ2v) is 7.33. The zero-order valence-electron chi connectivity index (χ0n) is 17.6. The first-order valence-corrected chi connectivity index (χ1v) is 9.94. The first-order valence-electron chi connectivity index (χ1n) is 9.94. The lowest BCUT2D eigenvalue weighted by Crippen LogP contribution is -2.19. The van der Waals surface area contributed by atoms with Crippen LogP contribution in [0.15, 0.2) is 71.7 Å². The fourth-order valence-electron chi connectivity index (χ4n) is 3.13. The summed E-state index contributed by atoms with van der Waals surface area (Å²) in [6.45, 7) is 3.62. The Balaban J connectivity index is 1.45. The van der Waals surface area contributed by atoms with Crippen molar-refractivity contribution >= 4 is 23.1 Å². The average molecular weight is 432 g/mol. The Hall–Kier alpha value is -4.20. The van der Waals surface area contributed by atoms with Gasteiger partial charge in [0.1, 0.15) is 23.8 Å². The summed E-state index contributed by atoms with van der Waals surface area (Å²) in [6, 6.07) is 15.9. The number of nitrogens with one attached hydrogen (secondary N) is 2. The molecule has 2 N–H and O–H groups in total. The highest BCUT2D eigenvalue weighted by Crippen LogP contribution is 2.24. The number of urea groups is 1. The van der Waals surface area contributed by atoms with Crippen LogP contribution in [0.1, 0.15) is 16.8 Å². The molecule has 4 rings (SSSR count). The highest BCUT2D eigenvalue weighted by atomic mass is 19.1. The van der Waals surface area contributed by atoms with Crippen LogP contribution in [0.3, 0.4) is 0 Å². The monoisotopic (exact) mass is 432 g/mol. The number of fused-ring (bicyclic) bond motifs is 1. The molecule has 0 spiro atoms. The quantitative estimate of drug-likeness (QED) is 0.480. The number of rotatable bonds is 5. The molecule has 0 fully saturated rings. The predicted molar refractivity (Wildman–Crippen MR) is 121 cm³/mol. The van der Waals surface area contributed by atoms with Crippen LogP contribution < -0.4 is 20.9 Å². The normalized spacial score (nSPS) is 10.7. The van der Waals surface area contributed by atoms with Crippen LogP contribution in [-0.2, 0) is 6.61 Å². The van der Waals surface area contributed by atoms with Crippen molar-refractivity contribution in [3.63, 3.8) is 0 Å². The summed E-state index contributed by atoms with van der Waals surface area (Å²) < 4.78 is 21.0. The van der Waals surface area contributed by atoms with E-state index in [-0.39, 0.29) is 12.2 Å².